The molecule has 2 aliphatic carbocycles. The van der Waals surface area contributed by atoms with Gasteiger partial charge in [-0.2, -0.15) is 0 Å². The number of hydrogen-bond donors (Lipinski definition) is 0. The molecule has 3 atom stereocenters. The Kier molecular flexibility index (Phi) is 1.31. The van der Waals surface area contributed by atoms with Gasteiger partial charge < -0.3 is 4.74 Å². The van der Waals surface area contributed by atoms with E-state index in [1.807, 2.05) is 7.11 Å². The Bertz CT molecular complexity index is 142. The molecule has 0 N–H and O–H groups in total. The lowest BCUT2D eigenvalue weighted by Crippen LogP contribution is -2.21. The molecule has 10 heavy (non-hydrogen) atoms. The molecule has 1 heteroatoms. The molecule has 0 aliphatic heterocycles. The molecule has 58 valence electrons. The van der Waals surface area contributed by atoms with Gasteiger partial charge in [0.05, 0.1) is 6.10 Å². The predicted molar refractivity (Wildman–Crippen MR) is 40.9 cm³/mol. The topological polar surface area (TPSA) is 9.23 Å². The van der Waals surface area contributed by atoms with Crippen LogP contribution in [-0.4, -0.2) is 13.2 Å². The van der Waals surface area contributed by atoms with E-state index in [0.717, 1.165) is 5.92 Å². The Morgan fingerprint density at radius 1 is 1.50 bits per heavy atom. The average Bonchev–Trinajstić information content (AvgIpc) is 2.59. The second kappa shape index (κ2) is 1.97. The van der Waals surface area contributed by atoms with Crippen LogP contribution in [0.25, 0.3) is 0 Å². The Hall–Kier alpha value is -0.0400. The van der Waals surface area contributed by atoms with Crippen LogP contribution in [0.15, 0.2) is 0 Å². The summed E-state index contributed by atoms with van der Waals surface area (Å²) in [6, 6.07) is 0. The summed E-state index contributed by atoms with van der Waals surface area (Å²) < 4.78 is 5.41. The molecule has 0 heterocycles. The van der Waals surface area contributed by atoms with E-state index in [1.54, 1.807) is 0 Å². The molecule has 2 fully saturated rings. The van der Waals surface area contributed by atoms with Crippen LogP contribution in [0.5, 0.6) is 0 Å². The Balaban J connectivity index is 2.02. The lowest BCUT2D eigenvalue weighted by molar-refractivity contribution is 0.0466. The summed E-state index contributed by atoms with van der Waals surface area (Å²) in [5, 5.41) is 0. The van der Waals surface area contributed by atoms with Crippen LogP contribution in [0, 0.1) is 11.3 Å². The smallest absolute Gasteiger partial charge is 0.0604 e. The zero-order valence-electron chi connectivity index (χ0n) is 6.89. The summed E-state index contributed by atoms with van der Waals surface area (Å²) in [5.74, 6) is 0.909. The van der Waals surface area contributed by atoms with Crippen molar-refractivity contribution in [1.82, 2.24) is 0 Å². The van der Waals surface area contributed by atoms with Crippen molar-refractivity contribution in [3.05, 3.63) is 0 Å². The summed E-state index contributed by atoms with van der Waals surface area (Å²) in [7, 11) is 1.86. The van der Waals surface area contributed by atoms with Crippen molar-refractivity contribution in [1.29, 1.82) is 0 Å². The van der Waals surface area contributed by atoms with Gasteiger partial charge in [0.2, 0.25) is 0 Å². The number of fused-ring (bicyclic) bond motifs is 1. The third kappa shape index (κ3) is 0.800. The largest absolute Gasteiger partial charge is 0.381 e. The molecule has 0 radical (unpaired) electrons. The van der Waals surface area contributed by atoms with E-state index in [1.165, 1.54) is 25.7 Å². The first-order valence-corrected chi connectivity index (χ1v) is 4.29. The number of methoxy groups -OCH3 is 1. The maximum atomic E-state index is 5.41. The highest BCUT2D eigenvalue weighted by molar-refractivity contribution is 5.05. The van der Waals surface area contributed by atoms with Crippen LogP contribution in [0.2, 0.25) is 0 Å². The standard InChI is InChI=1S/C9H16O/c1-9-5-3-4-8(10-2)7(9)6-9/h7-8H,3-6H2,1-2H3/t7-,8+,9+/m0/s1. The van der Waals surface area contributed by atoms with Crippen LogP contribution >= 0.6 is 0 Å². The molecule has 0 aromatic carbocycles. The van der Waals surface area contributed by atoms with Gasteiger partial charge in [-0.1, -0.05) is 13.3 Å². The van der Waals surface area contributed by atoms with Crippen LogP contribution in [-0.2, 0) is 4.74 Å². The summed E-state index contributed by atoms with van der Waals surface area (Å²) >= 11 is 0. The van der Waals surface area contributed by atoms with Crippen LogP contribution in [0.1, 0.15) is 32.6 Å². The molecule has 2 saturated carbocycles. The van der Waals surface area contributed by atoms with Gasteiger partial charge in [-0.05, 0) is 30.6 Å². The molecule has 0 saturated heterocycles. The fourth-order valence-corrected chi connectivity index (χ4v) is 2.50. The lowest BCUT2D eigenvalue weighted by Gasteiger charge is -2.24. The van der Waals surface area contributed by atoms with Crippen LogP contribution in [0.4, 0.5) is 0 Å². The van der Waals surface area contributed by atoms with Gasteiger partial charge in [0.15, 0.2) is 0 Å². The third-order valence-electron chi connectivity index (χ3n) is 3.41. The highest BCUT2D eigenvalue weighted by Gasteiger charge is 2.55. The summed E-state index contributed by atoms with van der Waals surface area (Å²) in [4.78, 5) is 0. The molecule has 0 spiro atoms. The van der Waals surface area contributed by atoms with E-state index in [4.69, 9.17) is 4.74 Å². The number of hydrogen-bond acceptors (Lipinski definition) is 1. The highest BCUT2D eigenvalue weighted by atomic mass is 16.5. The highest BCUT2D eigenvalue weighted by Crippen LogP contribution is 2.61. The first kappa shape index (κ1) is 6.66. The fourth-order valence-electron chi connectivity index (χ4n) is 2.50. The maximum Gasteiger partial charge on any atom is 0.0604 e. The normalized spacial score (nSPS) is 52.2. The molecule has 0 aromatic rings. The number of rotatable bonds is 1. The minimum absolute atomic E-state index is 0.596. The molecule has 2 aliphatic rings. The molecular weight excluding hydrogens is 124 g/mol. The maximum absolute atomic E-state index is 5.41. The van der Waals surface area contributed by atoms with Gasteiger partial charge in [0.25, 0.3) is 0 Å². The van der Waals surface area contributed by atoms with Crippen molar-refractivity contribution < 1.29 is 4.74 Å². The second-order valence-corrected chi connectivity index (χ2v) is 4.13. The molecule has 2 rings (SSSR count). The van der Waals surface area contributed by atoms with Crippen LogP contribution < -0.4 is 0 Å². The minimum Gasteiger partial charge on any atom is -0.381 e. The van der Waals surface area contributed by atoms with Crippen molar-refractivity contribution in [2.75, 3.05) is 7.11 Å². The van der Waals surface area contributed by atoms with Crippen molar-refractivity contribution in [2.24, 2.45) is 11.3 Å². The Morgan fingerprint density at radius 2 is 2.30 bits per heavy atom. The van der Waals surface area contributed by atoms with Gasteiger partial charge in [0.1, 0.15) is 0 Å². The molecule has 0 aromatic heterocycles. The van der Waals surface area contributed by atoms with Gasteiger partial charge in [-0.25, -0.2) is 0 Å². The van der Waals surface area contributed by atoms with E-state index < -0.39 is 0 Å². The predicted octanol–water partition coefficient (Wildman–Crippen LogP) is 2.21. The van der Waals surface area contributed by atoms with Crippen molar-refractivity contribution in [3.8, 4) is 0 Å². The fraction of sp³-hybridized carbons (Fsp3) is 1.00. The van der Waals surface area contributed by atoms with Crippen molar-refractivity contribution >= 4 is 0 Å². The van der Waals surface area contributed by atoms with Crippen LogP contribution in [0.3, 0.4) is 0 Å². The van der Waals surface area contributed by atoms with E-state index in [2.05, 4.69) is 6.92 Å². The first-order valence-electron chi connectivity index (χ1n) is 4.29. The van der Waals surface area contributed by atoms with E-state index in [0.29, 0.717) is 11.5 Å². The molecular formula is C9H16O. The van der Waals surface area contributed by atoms with Gasteiger partial charge in [0, 0.05) is 7.11 Å². The zero-order valence-corrected chi connectivity index (χ0v) is 6.89. The Morgan fingerprint density at radius 3 is 2.90 bits per heavy atom. The summed E-state index contributed by atoms with van der Waals surface area (Å²) in [6.45, 7) is 2.41. The van der Waals surface area contributed by atoms with Crippen molar-refractivity contribution in [2.45, 2.75) is 38.7 Å². The minimum atomic E-state index is 0.596. The molecule has 1 nitrogen and oxygen atoms in total. The lowest BCUT2D eigenvalue weighted by atomic mass is 9.88. The molecule has 0 unspecified atom stereocenters. The van der Waals surface area contributed by atoms with Gasteiger partial charge in [-0.3, -0.25) is 0 Å². The van der Waals surface area contributed by atoms with E-state index in [-0.39, 0.29) is 0 Å². The van der Waals surface area contributed by atoms with Gasteiger partial charge >= 0.3 is 0 Å². The molecule has 0 amide bonds. The first-order chi connectivity index (χ1) is 4.76. The average molecular weight is 140 g/mol. The van der Waals surface area contributed by atoms with Gasteiger partial charge in [-0.15, -0.1) is 0 Å². The zero-order chi connectivity index (χ0) is 7.19. The monoisotopic (exact) mass is 140 g/mol. The third-order valence-corrected chi connectivity index (χ3v) is 3.41. The SMILES string of the molecule is CO[C@@H]1CCC[C@]2(C)C[C@@H]12. The van der Waals surface area contributed by atoms with E-state index >= 15 is 0 Å². The van der Waals surface area contributed by atoms with E-state index in [9.17, 15) is 0 Å². The second-order valence-electron chi connectivity index (χ2n) is 4.13. The molecule has 0 bridgehead atoms. The number of ether oxygens (including phenoxy) is 1. The quantitative estimate of drug-likeness (QED) is 0.542. The summed E-state index contributed by atoms with van der Waals surface area (Å²) in [5.41, 5.74) is 0.693. The Labute approximate surface area is 62.8 Å². The summed E-state index contributed by atoms with van der Waals surface area (Å²) in [6.07, 6.45) is 6.14. The van der Waals surface area contributed by atoms with Crippen molar-refractivity contribution in [3.63, 3.8) is 0 Å².